The minimum absolute atomic E-state index is 0.446. The van der Waals surface area contributed by atoms with E-state index in [-0.39, 0.29) is 0 Å². The van der Waals surface area contributed by atoms with Crippen molar-refractivity contribution in [3.05, 3.63) is 82.0 Å². The highest BCUT2D eigenvalue weighted by atomic mass is 16.5. The van der Waals surface area contributed by atoms with E-state index in [1.807, 2.05) is 0 Å². The number of hydrogen-bond acceptors (Lipinski definition) is 3. The van der Waals surface area contributed by atoms with Gasteiger partial charge in [-0.05, 0) is 74.2 Å². The summed E-state index contributed by atoms with van der Waals surface area (Å²) in [5.74, 6) is 0.950. The van der Waals surface area contributed by atoms with Gasteiger partial charge in [-0.1, -0.05) is 56.3 Å². The Kier molecular flexibility index (Phi) is 7.26. The van der Waals surface area contributed by atoms with Crippen LogP contribution in [0, 0.1) is 6.92 Å². The van der Waals surface area contributed by atoms with Crippen molar-refractivity contribution in [2.24, 2.45) is 0 Å². The highest BCUT2D eigenvalue weighted by Crippen LogP contribution is 2.33. The van der Waals surface area contributed by atoms with Crippen molar-refractivity contribution in [2.75, 3.05) is 13.7 Å². The molecule has 0 spiro atoms. The molecule has 0 amide bonds. The normalized spacial score (nSPS) is 15.4. The van der Waals surface area contributed by atoms with Gasteiger partial charge in [0.25, 0.3) is 0 Å². The van der Waals surface area contributed by atoms with Gasteiger partial charge in [-0.25, -0.2) is 0 Å². The van der Waals surface area contributed by atoms with Crippen molar-refractivity contribution in [3.63, 3.8) is 0 Å². The summed E-state index contributed by atoms with van der Waals surface area (Å²) in [4.78, 5) is 5.06. The quantitative estimate of drug-likeness (QED) is 0.451. The lowest BCUT2D eigenvalue weighted by atomic mass is 9.87. The fourth-order valence-electron chi connectivity index (χ4n) is 5.19. The number of ether oxygens (including phenoxy) is 1. The maximum Gasteiger partial charge on any atom is 0.126 e. The van der Waals surface area contributed by atoms with Crippen LogP contribution < -0.4 is 10.1 Å². The van der Waals surface area contributed by atoms with Crippen LogP contribution in [0.25, 0.3) is 11.3 Å². The molecular formula is C29H36N2O. The molecule has 0 aliphatic heterocycles. The lowest BCUT2D eigenvalue weighted by molar-refractivity contribution is 0.405. The standard InChI is InChI=1S/C29H36N2O/c1-5-21-12-9-13-22(6-2)29(21)27-19-28(32-4)24(20(3)31-27)17-18-30-26-16-10-14-23-11-7-8-15-25(23)26/h7-9,11-13,15,19,26,30H,5-6,10,14,16-18H2,1-4H3/t26-/m0/s1. The maximum atomic E-state index is 5.87. The molecule has 1 N–H and O–H groups in total. The van der Waals surface area contributed by atoms with Crippen molar-refractivity contribution in [2.45, 2.75) is 65.3 Å². The number of pyridine rings is 1. The fourth-order valence-corrected chi connectivity index (χ4v) is 5.19. The molecule has 1 aliphatic rings. The summed E-state index contributed by atoms with van der Waals surface area (Å²) in [6.45, 7) is 7.47. The van der Waals surface area contributed by atoms with Crippen LogP contribution in [0.5, 0.6) is 5.75 Å². The summed E-state index contributed by atoms with van der Waals surface area (Å²) in [7, 11) is 1.78. The smallest absolute Gasteiger partial charge is 0.126 e. The molecule has 0 unspecified atom stereocenters. The minimum Gasteiger partial charge on any atom is -0.496 e. The van der Waals surface area contributed by atoms with Crippen LogP contribution in [0.3, 0.4) is 0 Å². The van der Waals surface area contributed by atoms with Crippen LogP contribution in [-0.4, -0.2) is 18.6 Å². The molecule has 0 radical (unpaired) electrons. The largest absolute Gasteiger partial charge is 0.496 e. The van der Waals surface area contributed by atoms with Gasteiger partial charge in [0.1, 0.15) is 5.75 Å². The van der Waals surface area contributed by atoms with Crippen LogP contribution in [0.4, 0.5) is 0 Å². The van der Waals surface area contributed by atoms with E-state index >= 15 is 0 Å². The summed E-state index contributed by atoms with van der Waals surface area (Å²) in [5.41, 5.74) is 10.3. The van der Waals surface area contributed by atoms with E-state index in [0.717, 1.165) is 42.9 Å². The molecule has 3 nitrogen and oxygen atoms in total. The Balaban J connectivity index is 1.56. The lowest BCUT2D eigenvalue weighted by Crippen LogP contribution is -2.27. The van der Waals surface area contributed by atoms with Gasteiger partial charge >= 0.3 is 0 Å². The monoisotopic (exact) mass is 428 g/mol. The first-order chi connectivity index (χ1) is 15.7. The molecule has 2 aromatic carbocycles. The van der Waals surface area contributed by atoms with Gasteiger partial charge in [0.05, 0.1) is 12.8 Å². The predicted molar refractivity (Wildman–Crippen MR) is 134 cm³/mol. The van der Waals surface area contributed by atoms with E-state index in [1.165, 1.54) is 52.6 Å². The SMILES string of the molecule is CCc1cccc(CC)c1-c1cc(OC)c(CCN[C@H]2CCCc3ccccc32)c(C)n1. The molecule has 32 heavy (non-hydrogen) atoms. The van der Waals surface area contributed by atoms with Crippen LogP contribution in [0.2, 0.25) is 0 Å². The molecule has 1 heterocycles. The first kappa shape index (κ1) is 22.5. The van der Waals surface area contributed by atoms with Crippen molar-refractivity contribution in [1.82, 2.24) is 10.3 Å². The second kappa shape index (κ2) is 10.3. The van der Waals surface area contributed by atoms with Crippen LogP contribution in [0.1, 0.15) is 66.2 Å². The lowest BCUT2D eigenvalue weighted by Gasteiger charge is -2.26. The zero-order chi connectivity index (χ0) is 22.5. The number of nitrogens with one attached hydrogen (secondary N) is 1. The number of rotatable bonds is 8. The van der Waals surface area contributed by atoms with Crippen LogP contribution >= 0.6 is 0 Å². The highest BCUT2D eigenvalue weighted by molar-refractivity contribution is 5.70. The summed E-state index contributed by atoms with van der Waals surface area (Å²) in [6.07, 6.45) is 6.58. The van der Waals surface area contributed by atoms with Crippen LogP contribution in [-0.2, 0) is 25.7 Å². The topological polar surface area (TPSA) is 34.1 Å². The van der Waals surface area contributed by atoms with Crippen molar-refractivity contribution < 1.29 is 4.74 Å². The first-order valence-electron chi connectivity index (χ1n) is 12.1. The number of aryl methyl sites for hydroxylation is 4. The third-order valence-corrected chi connectivity index (χ3v) is 6.90. The minimum atomic E-state index is 0.446. The Hall–Kier alpha value is -2.65. The van der Waals surface area contributed by atoms with Gasteiger partial charge in [-0.15, -0.1) is 0 Å². The van der Waals surface area contributed by atoms with Crippen molar-refractivity contribution in [3.8, 4) is 17.0 Å². The molecule has 3 aromatic rings. The zero-order valence-electron chi connectivity index (χ0n) is 20.0. The molecule has 4 rings (SSSR count). The van der Waals surface area contributed by atoms with E-state index in [9.17, 15) is 0 Å². The fraction of sp³-hybridized carbons (Fsp3) is 0.414. The highest BCUT2D eigenvalue weighted by Gasteiger charge is 2.20. The molecule has 0 saturated heterocycles. The molecular weight excluding hydrogens is 392 g/mol. The molecule has 3 heteroatoms. The Morgan fingerprint density at radius 3 is 2.50 bits per heavy atom. The molecule has 1 aromatic heterocycles. The van der Waals surface area contributed by atoms with E-state index in [2.05, 4.69) is 74.6 Å². The Morgan fingerprint density at radius 1 is 1.03 bits per heavy atom. The molecule has 0 saturated carbocycles. The first-order valence-corrected chi connectivity index (χ1v) is 12.1. The number of hydrogen-bond donors (Lipinski definition) is 1. The second-order valence-corrected chi connectivity index (χ2v) is 8.78. The zero-order valence-corrected chi connectivity index (χ0v) is 20.0. The van der Waals surface area contributed by atoms with Gasteiger partial charge in [0.2, 0.25) is 0 Å². The van der Waals surface area contributed by atoms with E-state index in [4.69, 9.17) is 9.72 Å². The average Bonchev–Trinajstić information content (AvgIpc) is 2.84. The Labute approximate surface area is 193 Å². The molecule has 1 atom stereocenters. The summed E-state index contributed by atoms with van der Waals surface area (Å²) < 4.78 is 5.87. The average molecular weight is 429 g/mol. The van der Waals surface area contributed by atoms with Gasteiger partial charge < -0.3 is 10.1 Å². The number of fused-ring (bicyclic) bond motifs is 1. The summed E-state index contributed by atoms with van der Waals surface area (Å²) in [5, 5.41) is 3.80. The summed E-state index contributed by atoms with van der Waals surface area (Å²) >= 11 is 0. The Morgan fingerprint density at radius 2 is 1.78 bits per heavy atom. The predicted octanol–water partition coefficient (Wildman–Crippen LogP) is 6.40. The second-order valence-electron chi connectivity index (χ2n) is 8.78. The van der Waals surface area contributed by atoms with Crippen molar-refractivity contribution >= 4 is 0 Å². The number of nitrogens with zero attached hydrogens (tertiary/aromatic N) is 1. The van der Waals surface area contributed by atoms with Crippen molar-refractivity contribution in [1.29, 1.82) is 0 Å². The number of methoxy groups -OCH3 is 1. The van der Waals surface area contributed by atoms with E-state index in [0.29, 0.717) is 6.04 Å². The number of benzene rings is 2. The maximum absolute atomic E-state index is 5.87. The molecule has 0 fully saturated rings. The Bertz CT molecular complexity index is 1050. The number of aromatic nitrogens is 1. The third-order valence-electron chi connectivity index (χ3n) is 6.90. The molecule has 0 bridgehead atoms. The molecule has 1 aliphatic carbocycles. The molecule has 168 valence electrons. The van der Waals surface area contributed by atoms with E-state index in [1.54, 1.807) is 7.11 Å². The van der Waals surface area contributed by atoms with Gasteiger partial charge in [-0.2, -0.15) is 0 Å². The van der Waals surface area contributed by atoms with Gasteiger partial charge in [0, 0.05) is 28.9 Å². The van der Waals surface area contributed by atoms with E-state index < -0.39 is 0 Å². The third kappa shape index (κ3) is 4.59. The van der Waals surface area contributed by atoms with Crippen LogP contribution in [0.15, 0.2) is 48.5 Å². The summed E-state index contributed by atoms with van der Waals surface area (Å²) in [6, 6.07) is 18.1. The van der Waals surface area contributed by atoms with Gasteiger partial charge in [0.15, 0.2) is 0 Å². The van der Waals surface area contributed by atoms with Gasteiger partial charge in [-0.3, -0.25) is 4.98 Å².